The molecule has 2 heterocycles. The van der Waals surface area contributed by atoms with Crippen LogP contribution in [0, 0.1) is 13.8 Å². The van der Waals surface area contributed by atoms with Gasteiger partial charge in [-0.25, -0.2) is 8.42 Å². The van der Waals surface area contributed by atoms with Crippen molar-refractivity contribution in [1.82, 2.24) is 19.0 Å². The van der Waals surface area contributed by atoms with Crippen LogP contribution in [0.3, 0.4) is 0 Å². The molecule has 7 nitrogen and oxygen atoms in total. The number of sulfonamides is 1. The molecule has 0 unspecified atom stereocenters. The van der Waals surface area contributed by atoms with Crippen LogP contribution in [0.2, 0.25) is 5.15 Å². The number of amides is 1. The SMILES string of the molecule is Cc1ccc(S(=O)(=O)N2CCN(C(=O)/C=C/c3c(C)nn(C)c3Cl)CC2)cc1. The topological polar surface area (TPSA) is 75.5 Å². The lowest BCUT2D eigenvalue weighted by Gasteiger charge is -2.33. The van der Waals surface area contributed by atoms with Gasteiger partial charge in [-0.05, 0) is 32.1 Å². The molecule has 0 atom stereocenters. The van der Waals surface area contributed by atoms with Crippen molar-refractivity contribution in [2.24, 2.45) is 7.05 Å². The summed E-state index contributed by atoms with van der Waals surface area (Å²) in [5.41, 5.74) is 2.45. The third-order valence-electron chi connectivity index (χ3n) is 4.80. The van der Waals surface area contributed by atoms with Gasteiger partial charge in [0.05, 0.1) is 10.6 Å². The molecular weight excluding hydrogens is 400 g/mol. The fourth-order valence-electron chi connectivity index (χ4n) is 3.10. The molecule has 1 aliphatic rings. The van der Waals surface area contributed by atoms with Crippen LogP contribution in [-0.2, 0) is 21.9 Å². The van der Waals surface area contributed by atoms with Crippen LogP contribution in [0.5, 0.6) is 0 Å². The lowest BCUT2D eigenvalue weighted by molar-refractivity contribution is -0.127. The van der Waals surface area contributed by atoms with E-state index in [2.05, 4.69) is 5.10 Å². The molecule has 1 aromatic heterocycles. The number of aryl methyl sites for hydroxylation is 3. The summed E-state index contributed by atoms with van der Waals surface area (Å²) in [6, 6.07) is 6.79. The predicted octanol–water partition coefficient (Wildman–Crippen LogP) is 2.24. The summed E-state index contributed by atoms with van der Waals surface area (Å²) in [5, 5.41) is 4.68. The van der Waals surface area contributed by atoms with Crippen LogP contribution >= 0.6 is 11.6 Å². The molecule has 3 rings (SSSR count). The first-order valence-corrected chi connectivity index (χ1v) is 10.7. The summed E-state index contributed by atoms with van der Waals surface area (Å²) in [6.07, 6.45) is 3.11. The summed E-state index contributed by atoms with van der Waals surface area (Å²) in [4.78, 5) is 14.4. The number of benzene rings is 1. The minimum atomic E-state index is -3.54. The number of nitrogens with zero attached hydrogens (tertiary/aromatic N) is 4. The number of piperazine rings is 1. The van der Waals surface area contributed by atoms with E-state index in [1.54, 1.807) is 47.0 Å². The van der Waals surface area contributed by atoms with Gasteiger partial charge in [0.15, 0.2) is 0 Å². The van der Waals surface area contributed by atoms with Crippen molar-refractivity contribution in [1.29, 1.82) is 0 Å². The number of halogens is 1. The van der Waals surface area contributed by atoms with Crippen molar-refractivity contribution in [3.05, 3.63) is 52.3 Å². The van der Waals surface area contributed by atoms with Crippen molar-refractivity contribution in [2.75, 3.05) is 26.2 Å². The Kier molecular flexibility index (Phi) is 5.92. The number of hydrogen-bond acceptors (Lipinski definition) is 4. The largest absolute Gasteiger partial charge is 0.337 e. The zero-order chi connectivity index (χ0) is 20.5. The summed E-state index contributed by atoms with van der Waals surface area (Å²) in [7, 11) is -1.80. The Bertz CT molecular complexity index is 1000. The maximum absolute atomic E-state index is 12.7. The minimum Gasteiger partial charge on any atom is -0.337 e. The predicted molar refractivity (Wildman–Crippen MR) is 109 cm³/mol. The normalized spacial score (nSPS) is 16.1. The van der Waals surface area contributed by atoms with E-state index in [0.29, 0.717) is 23.8 Å². The molecule has 0 radical (unpaired) electrons. The Morgan fingerprint density at radius 3 is 2.25 bits per heavy atom. The first-order chi connectivity index (χ1) is 13.2. The Morgan fingerprint density at radius 1 is 1.11 bits per heavy atom. The molecule has 1 aliphatic heterocycles. The summed E-state index contributed by atoms with van der Waals surface area (Å²) >= 11 is 6.17. The molecule has 1 amide bonds. The van der Waals surface area contributed by atoms with Gasteiger partial charge in [-0.1, -0.05) is 29.3 Å². The number of aromatic nitrogens is 2. The highest BCUT2D eigenvalue weighted by molar-refractivity contribution is 7.89. The Balaban J connectivity index is 1.64. The van der Waals surface area contributed by atoms with Crippen molar-refractivity contribution in [3.63, 3.8) is 0 Å². The monoisotopic (exact) mass is 422 g/mol. The third kappa shape index (κ3) is 4.14. The molecular formula is C19H23ClN4O3S. The number of carbonyl (C=O) groups excluding carboxylic acids is 1. The first-order valence-electron chi connectivity index (χ1n) is 8.93. The van der Waals surface area contributed by atoms with Gasteiger partial charge in [-0.3, -0.25) is 9.48 Å². The molecule has 0 N–H and O–H groups in total. The molecule has 0 bridgehead atoms. The minimum absolute atomic E-state index is 0.174. The zero-order valence-corrected chi connectivity index (χ0v) is 17.7. The molecule has 28 heavy (non-hydrogen) atoms. The number of carbonyl (C=O) groups is 1. The Morgan fingerprint density at radius 2 is 1.71 bits per heavy atom. The van der Waals surface area contributed by atoms with E-state index >= 15 is 0 Å². The van der Waals surface area contributed by atoms with Crippen molar-refractivity contribution < 1.29 is 13.2 Å². The summed E-state index contributed by atoms with van der Waals surface area (Å²) in [6.45, 7) is 4.95. The van der Waals surface area contributed by atoms with E-state index in [1.807, 2.05) is 13.8 Å². The zero-order valence-electron chi connectivity index (χ0n) is 16.1. The lowest BCUT2D eigenvalue weighted by Crippen LogP contribution is -2.50. The first kappa shape index (κ1) is 20.6. The molecule has 0 spiro atoms. The van der Waals surface area contributed by atoms with Gasteiger partial charge in [-0.2, -0.15) is 9.40 Å². The van der Waals surface area contributed by atoms with Crippen LogP contribution in [-0.4, -0.2) is 59.5 Å². The second kappa shape index (κ2) is 8.06. The van der Waals surface area contributed by atoms with Crippen molar-refractivity contribution in [2.45, 2.75) is 18.7 Å². The van der Waals surface area contributed by atoms with E-state index in [0.717, 1.165) is 11.3 Å². The van der Waals surface area contributed by atoms with Crippen LogP contribution in [0.25, 0.3) is 6.08 Å². The van der Waals surface area contributed by atoms with Gasteiger partial charge >= 0.3 is 0 Å². The van der Waals surface area contributed by atoms with Gasteiger partial charge < -0.3 is 4.90 Å². The molecule has 0 saturated carbocycles. The van der Waals surface area contributed by atoms with Crippen LogP contribution in [0.1, 0.15) is 16.8 Å². The molecule has 1 aromatic carbocycles. The quantitative estimate of drug-likeness (QED) is 0.708. The van der Waals surface area contributed by atoms with E-state index in [-0.39, 0.29) is 23.9 Å². The maximum Gasteiger partial charge on any atom is 0.246 e. The lowest BCUT2D eigenvalue weighted by atomic mass is 10.2. The van der Waals surface area contributed by atoms with Crippen molar-refractivity contribution >= 4 is 33.6 Å². The second-order valence-corrected chi connectivity index (χ2v) is 9.09. The highest BCUT2D eigenvalue weighted by Gasteiger charge is 2.29. The fraction of sp³-hybridized carbons (Fsp3) is 0.368. The number of hydrogen-bond donors (Lipinski definition) is 0. The van der Waals surface area contributed by atoms with Crippen LogP contribution in [0.15, 0.2) is 35.2 Å². The third-order valence-corrected chi connectivity index (χ3v) is 7.16. The maximum atomic E-state index is 12.7. The highest BCUT2D eigenvalue weighted by atomic mass is 35.5. The van der Waals surface area contributed by atoms with Gasteiger partial charge in [0, 0.05) is 44.9 Å². The summed E-state index contributed by atoms with van der Waals surface area (Å²) < 4.78 is 28.5. The van der Waals surface area contributed by atoms with E-state index in [4.69, 9.17) is 11.6 Å². The number of rotatable bonds is 4. The molecule has 1 fully saturated rings. The van der Waals surface area contributed by atoms with E-state index in [9.17, 15) is 13.2 Å². The van der Waals surface area contributed by atoms with Gasteiger partial charge in [0.1, 0.15) is 5.15 Å². The second-order valence-electron chi connectivity index (χ2n) is 6.79. The molecule has 2 aromatic rings. The van der Waals surface area contributed by atoms with Crippen LogP contribution in [0.4, 0.5) is 0 Å². The fourth-order valence-corrected chi connectivity index (χ4v) is 4.76. The van der Waals surface area contributed by atoms with Gasteiger partial charge in [0.25, 0.3) is 0 Å². The molecule has 150 valence electrons. The average molecular weight is 423 g/mol. The smallest absolute Gasteiger partial charge is 0.246 e. The molecule has 0 aliphatic carbocycles. The summed E-state index contributed by atoms with van der Waals surface area (Å²) in [5.74, 6) is -0.174. The van der Waals surface area contributed by atoms with E-state index < -0.39 is 10.0 Å². The van der Waals surface area contributed by atoms with E-state index in [1.165, 1.54) is 10.4 Å². The van der Waals surface area contributed by atoms with Gasteiger partial charge in [-0.15, -0.1) is 0 Å². The highest BCUT2D eigenvalue weighted by Crippen LogP contribution is 2.21. The van der Waals surface area contributed by atoms with Crippen molar-refractivity contribution in [3.8, 4) is 0 Å². The Labute approximate surface area is 170 Å². The Hall–Kier alpha value is -2.16. The molecule has 1 saturated heterocycles. The standard InChI is InChI=1S/C19H23ClN4O3S/c1-14-4-6-16(7-5-14)28(26,27)24-12-10-23(11-13-24)18(25)9-8-17-15(2)21-22(3)19(17)20/h4-9H,10-13H2,1-3H3/b9-8+. The van der Waals surface area contributed by atoms with Gasteiger partial charge in [0.2, 0.25) is 15.9 Å². The molecule has 9 heteroatoms. The average Bonchev–Trinajstić information content (AvgIpc) is 2.92. The van der Waals surface area contributed by atoms with Crippen LogP contribution < -0.4 is 0 Å².